The molecule has 0 radical (unpaired) electrons. The second kappa shape index (κ2) is 7.33. The SMILES string of the molecule is CC(=O)c1cccc(OCCC(C)CCCl)c1. The lowest BCUT2D eigenvalue weighted by Gasteiger charge is -2.11. The van der Waals surface area contributed by atoms with Crippen LogP contribution in [0.1, 0.15) is 37.0 Å². The molecular formula is C14H19ClO2. The zero-order chi connectivity index (χ0) is 12.7. The van der Waals surface area contributed by atoms with Crippen LogP contribution in [0.25, 0.3) is 0 Å². The van der Waals surface area contributed by atoms with Crippen LogP contribution in [0.15, 0.2) is 24.3 Å². The van der Waals surface area contributed by atoms with Crippen LogP contribution in [0.3, 0.4) is 0 Å². The van der Waals surface area contributed by atoms with E-state index in [0.29, 0.717) is 24.0 Å². The largest absolute Gasteiger partial charge is 0.494 e. The van der Waals surface area contributed by atoms with Crippen molar-refractivity contribution in [2.75, 3.05) is 12.5 Å². The first-order chi connectivity index (χ1) is 8.13. The highest BCUT2D eigenvalue weighted by molar-refractivity contribution is 6.17. The Morgan fingerprint density at radius 3 is 2.82 bits per heavy atom. The zero-order valence-electron chi connectivity index (χ0n) is 10.4. The number of ether oxygens (including phenoxy) is 1. The number of rotatable bonds is 7. The fraction of sp³-hybridized carbons (Fsp3) is 0.500. The van der Waals surface area contributed by atoms with Crippen molar-refractivity contribution < 1.29 is 9.53 Å². The summed E-state index contributed by atoms with van der Waals surface area (Å²) in [7, 11) is 0. The fourth-order valence-electron chi connectivity index (χ4n) is 1.51. The third-order valence-corrected chi connectivity index (χ3v) is 2.94. The first-order valence-corrected chi connectivity index (χ1v) is 6.46. The number of hydrogen-bond donors (Lipinski definition) is 0. The molecule has 0 aliphatic rings. The van der Waals surface area contributed by atoms with Gasteiger partial charge in [-0.25, -0.2) is 0 Å². The van der Waals surface area contributed by atoms with Crippen molar-refractivity contribution in [3.8, 4) is 5.75 Å². The summed E-state index contributed by atoms with van der Waals surface area (Å²) in [5.74, 6) is 2.09. The van der Waals surface area contributed by atoms with Gasteiger partial charge < -0.3 is 4.74 Å². The third-order valence-electron chi connectivity index (χ3n) is 2.72. The highest BCUT2D eigenvalue weighted by Crippen LogP contribution is 2.15. The van der Waals surface area contributed by atoms with Crippen molar-refractivity contribution >= 4 is 17.4 Å². The van der Waals surface area contributed by atoms with E-state index in [9.17, 15) is 4.79 Å². The van der Waals surface area contributed by atoms with E-state index in [0.717, 1.165) is 18.6 Å². The van der Waals surface area contributed by atoms with Crippen molar-refractivity contribution in [2.24, 2.45) is 5.92 Å². The fourth-order valence-corrected chi connectivity index (χ4v) is 1.89. The van der Waals surface area contributed by atoms with Gasteiger partial charge >= 0.3 is 0 Å². The molecule has 0 bridgehead atoms. The average molecular weight is 255 g/mol. The molecule has 17 heavy (non-hydrogen) atoms. The van der Waals surface area contributed by atoms with Crippen molar-refractivity contribution in [2.45, 2.75) is 26.7 Å². The van der Waals surface area contributed by atoms with Gasteiger partial charge in [0, 0.05) is 11.4 Å². The highest BCUT2D eigenvalue weighted by atomic mass is 35.5. The van der Waals surface area contributed by atoms with E-state index in [1.165, 1.54) is 0 Å². The number of halogens is 1. The number of Topliss-reactive ketones (excluding diaryl/α,β-unsaturated/α-hetero) is 1. The van der Waals surface area contributed by atoms with Gasteiger partial charge in [-0.1, -0.05) is 19.1 Å². The predicted octanol–water partition coefficient (Wildman–Crippen LogP) is 3.92. The Kier molecular flexibility index (Phi) is 6.06. The molecule has 2 nitrogen and oxygen atoms in total. The maximum Gasteiger partial charge on any atom is 0.159 e. The molecule has 1 unspecified atom stereocenters. The predicted molar refractivity (Wildman–Crippen MR) is 71.1 cm³/mol. The van der Waals surface area contributed by atoms with Gasteiger partial charge in [-0.2, -0.15) is 0 Å². The lowest BCUT2D eigenvalue weighted by molar-refractivity contribution is 0.101. The standard InChI is InChI=1S/C14H19ClO2/c1-11(6-8-15)7-9-17-14-5-3-4-13(10-14)12(2)16/h3-5,10-11H,6-9H2,1-2H3. The molecule has 0 spiro atoms. The molecule has 1 atom stereocenters. The molecule has 3 heteroatoms. The minimum absolute atomic E-state index is 0.0611. The van der Waals surface area contributed by atoms with Gasteiger partial charge in [0.15, 0.2) is 5.78 Å². The van der Waals surface area contributed by atoms with E-state index >= 15 is 0 Å². The molecule has 94 valence electrons. The second-order valence-corrected chi connectivity index (χ2v) is 4.68. The Balaban J connectivity index is 2.41. The molecule has 1 rings (SSSR count). The monoisotopic (exact) mass is 254 g/mol. The molecule has 0 saturated heterocycles. The smallest absolute Gasteiger partial charge is 0.159 e. The third kappa shape index (κ3) is 5.22. The van der Waals surface area contributed by atoms with Crippen LogP contribution in [-0.2, 0) is 0 Å². The first kappa shape index (κ1) is 14.0. The zero-order valence-corrected chi connectivity index (χ0v) is 11.2. The van der Waals surface area contributed by atoms with E-state index in [-0.39, 0.29) is 5.78 Å². The summed E-state index contributed by atoms with van der Waals surface area (Å²) in [6.45, 7) is 4.39. The molecule has 1 aromatic rings. The van der Waals surface area contributed by atoms with Gasteiger partial charge in [-0.3, -0.25) is 4.79 Å². The Hall–Kier alpha value is -1.02. The summed E-state index contributed by atoms with van der Waals surface area (Å²) in [4.78, 5) is 11.2. The summed E-state index contributed by atoms with van der Waals surface area (Å²) >= 11 is 5.67. The van der Waals surface area contributed by atoms with Crippen LogP contribution < -0.4 is 4.74 Å². The van der Waals surface area contributed by atoms with Gasteiger partial charge in [0.1, 0.15) is 5.75 Å². The van der Waals surface area contributed by atoms with Gasteiger partial charge in [0.05, 0.1) is 6.61 Å². The Morgan fingerprint density at radius 2 is 2.18 bits per heavy atom. The highest BCUT2D eigenvalue weighted by Gasteiger charge is 2.03. The summed E-state index contributed by atoms with van der Waals surface area (Å²) in [6.07, 6.45) is 2.00. The molecule has 1 aromatic carbocycles. The van der Waals surface area contributed by atoms with Gasteiger partial charge in [0.2, 0.25) is 0 Å². The topological polar surface area (TPSA) is 26.3 Å². The lowest BCUT2D eigenvalue weighted by Crippen LogP contribution is -2.05. The van der Waals surface area contributed by atoms with Crippen molar-refractivity contribution in [1.82, 2.24) is 0 Å². The Bertz CT molecular complexity index is 363. The molecule has 0 amide bonds. The van der Waals surface area contributed by atoms with E-state index in [4.69, 9.17) is 16.3 Å². The molecule has 0 aliphatic carbocycles. The van der Waals surface area contributed by atoms with E-state index in [1.807, 2.05) is 12.1 Å². The number of carbonyl (C=O) groups is 1. The van der Waals surface area contributed by atoms with Crippen LogP contribution >= 0.6 is 11.6 Å². The van der Waals surface area contributed by atoms with Gasteiger partial charge in [-0.15, -0.1) is 11.6 Å². The molecule has 0 saturated carbocycles. The van der Waals surface area contributed by atoms with E-state index in [2.05, 4.69) is 6.92 Å². The molecule has 0 fully saturated rings. The van der Waals surface area contributed by atoms with Gasteiger partial charge in [-0.05, 0) is 37.8 Å². The summed E-state index contributed by atoms with van der Waals surface area (Å²) < 4.78 is 5.62. The summed E-state index contributed by atoms with van der Waals surface area (Å²) in [6, 6.07) is 7.30. The van der Waals surface area contributed by atoms with E-state index in [1.54, 1.807) is 19.1 Å². The van der Waals surface area contributed by atoms with Gasteiger partial charge in [0.25, 0.3) is 0 Å². The number of benzene rings is 1. The number of alkyl halides is 1. The number of ketones is 1. The molecule has 0 aliphatic heterocycles. The normalized spacial score (nSPS) is 12.2. The van der Waals surface area contributed by atoms with Crippen LogP contribution in [-0.4, -0.2) is 18.3 Å². The molecule has 0 aromatic heterocycles. The van der Waals surface area contributed by atoms with Crippen molar-refractivity contribution in [3.63, 3.8) is 0 Å². The van der Waals surface area contributed by atoms with Crippen molar-refractivity contribution in [1.29, 1.82) is 0 Å². The second-order valence-electron chi connectivity index (χ2n) is 4.30. The lowest BCUT2D eigenvalue weighted by atomic mass is 10.1. The number of hydrogen-bond acceptors (Lipinski definition) is 2. The quantitative estimate of drug-likeness (QED) is 0.545. The van der Waals surface area contributed by atoms with Crippen LogP contribution in [0, 0.1) is 5.92 Å². The number of carbonyl (C=O) groups excluding carboxylic acids is 1. The Morgan fingerprint density at radius 1 is 1.41 bits per heavy atom. The van der Waals surface area contributed by atoms with Crippen LogP contribution in [0.2, 0.25) is 0 Å². The summed E-state index contributed by atoms with van der Waals surface area (Å²) in [5, 5.41) is 0. The van der Waals surface area contributed by atoms with Crippen LogP contribution in [0.4, 0.5) is 0 Å². The molecule has 0 N–H and O–H groups in total. The maximum atomic E-state index is 11.2. The Labute approximate surface area is 108 Å². The first-order valence-electron chi connectivity index (χ1n) is 5.93. The maximum absolute atomic E-state index is 11.2. The summed E-state index contributed by atoms with van der Waals surface area (Å²) in [5.41, 5.74) is 0.691. The van der Waals surface area contributed by atoms with Crippen LogP contribution in [0.5, 0.6) is 5.75 Å². The minimum atomic E-state index is 0.0611. The average Bonchev–Trinajstić information content (AvgIpc) is 2.30. The van der Waals surface area contributed by atoms with Crippen molar-refractivity contribution in [3.05, 3.63) is 29.8 Å². The molecule has 0 heterocycles. The molecular weight excluding hydrogens is 236 g/mol. The minimum Gasteiger partial charge on any atom is -0.494 e. The van der Waals surface area contributed by atoms with E-state index < -0.39 is 0 Å².